The first kappa shape index (κ1) is 25.2. The number of nitrogens with one attached hydrogen (secondary N) is 1. The Balaban J connectivity index is 1.37. The van der Waals surface area contributed by atoms with Crippen LogP contribution in [-0.4, -0.2) is 53.6 Å². The maximum Gasteiger partial charge on any atom is 0.228 e. The van der Waals surface area contributed by atoms with E-state index in [4.69, 9.17) is 4.74 Å². The van der Waals surface area contributed by atoms with Gasteiger partial charge in [-0.25, -0.2) is 9.97 Å². The Kier molecular flexibility index (Phi) is 8.31. The Morgan fingerprint density at radius 1 is 1.08 bits per heavy atom. The number of para-hydroxylation sites is 1. The topological polar surface area (TPSA) is 70.6 Å². The van der Waals surface area contributed by atoms with Gasteiger partial charge in [-0.1, -0.05) is 50.1 Å². The summed E-state index contributed by atoms with van der Waals surface area (Å²) < 4.78 is 6.10. The lowest BCUT2D eigenvalue weighted by atomic mass is 10.1. The van der Waals surface area contributed by atoms with Crippen LogP contribution in [0.5, 0.6) is 5.75 Å². The number of nitrogens with zero attached hydrogens (tertiary/aromatic N) is 4. The zero-order valence-corrected chi connectivity index (χ0v) is 21.8. The molecule has 194 valence electrons. The minimum atomic E-state index is -0.0560. The molecule has 37 heavy (non-hydrogen) atoms. The van der Waals surface area contributed by atoms with Crippen molar-refractivity contribution in [1.29, 1.82) is 0 Å². The summed E-state index contributed by atoms with van der Waals surface area (Å²) in [5, 5.41) is 4.00. The fraction of sp³-hybridized carbons (Fsp3) is 0.433. The Morgan fingerprint density at radius 3 is 2.81 bits per heavy atom. The van der Waals surface area contributed by atoms with E-state index >= 15 is 0 Å². The minimum Gasteiger partial charge on any atom is -0.491 e. The van der Waals surface area contributed by atoms with Crippen LogP contribution in [0.2, 0.25) is 0 Å². The second kappa shape index (κ2) is 12.2. The predicted octanol–water partition coefficient (Wildman–Crippen LogP) is 5.87. The predicted molar refractivity (Wildman–Crippen MR) is 150 cm³/mol. The van der Waals surface area contributed by atoms with Gasteiger partial charge in [0.25, 0.3) is 0 Å². The fourth-order valence-electron chi connectivity index (χ4n) is 5.14. The van der Waals surface area contributed by atoms with Gasteiger partial charge in [0.15, 0.2) is 0 Å². The number of rotatable bonds is 10. The van der Waals surface area contributed by atoms with Gasteiger partial charge in [-0.15, -0.1) is 0 Å². The number of benzene rings is 2. The van der Waals surface area contributed by atoms with Crippen molar-refractivity contribution >= 4 is 34.0 Å². The first-order valence-electron chi connectivity index (χ1n) is 13.7. The largest absolute Gasteiger partial charge is 0.491 e. The normalized spacial score (nSPS) is 15.9. The van der Waals surface area contributed by atoms with E-state index in [9.17, 15) is 4.79 Å². The highest BCUT2D eigenvalue weighted by atomic mass is 16.5. The monoisotopic (exact) mass is 499 g/mol. The molecule has 0 saturated carbocycles. The van der Waals surface area contributed by atoms with Crippen molar-refractivity contribution in [3.8, 4) is 5.75 Å². The third-order valence-electron chi connectivity index (χ3n) is 7.17. The van der Waals surface area contributed by atoms with Crippen molar-refractivity contribution in [2.24, 2.45) is 0 Å². The Bertz CT molecular complexity index is 1250. The molecule has 0 aliphatic carbocycles. The van der Waals surface area contributed by atoms with Gasteiger partial charge in [-0.05, 0) is 56.5 Å². The Morgan fingerprint density at radius 2 is 1.95 bits per heavy atom. The van der Waals surface area contributed by atoms with Gasteiger partial charge in [0.1, 0.15) is 17.9 Å². The third-order valence-corrected chi connectivity index (χ3v) is 7.17. The van der Waals surface area contributed by atoms with E-state index in [1.165, 1.54) is 30.5 Å². The molecule has 7 nitrogen and oxygen atoms in total. The number of piperidine rings is 1. The molecule has 0 unspecified atom stereocenters. The van der Waals surface area contributed by atoms with Gasteiger partial charge >= 0.3 is 0 Å². The lowest BCUT2D eigenvalue weighted by Crippen LogP contribution is -2.29. The van der Waals surface area contributed by atoms with Crippen LogP contribution in [0.25, 0.3) is 10.9 Å². The number of aromatic nitrogens is 2. The quantitative estimate of drug-likeness (QED) is 0.278. The van der Waals surface area contributed by atoms with Crippen LogP contribution in [0.1, 0.15) is 51.0 Å². The number of carbonyl (C=O) groups excluding carboxylic acids is 1. The van der Waals surface area contributed by atoms with Gasteiger partial charge in [0.2, 0.25) is 5.91 Å². The molecule has 3 aromatic rings. The summed E-state index contributed by atoms with van der Waals surface area (Å²) in [4.78, 5) is 26.8. The van der Waals surface area contributed by atoms with E-state index in [0.29, 0.717) is 24.5 Å². The van der Waals surface area contributed by atoms with Crippen molar-refractivity contribution in [2.45, 2.75) is 51.9 Å². The molecule has 2 aliphatic heterocycles. The minimum absolute atomic E-state index is 0.0560. The molecule has 0 atom stereocenters. The number of amides is 1. The SMILES string of the molecule is CCCCOc1cc2ncnc(N3CCc4ccccc43)c2cc1NC(=O)CC=CCN1CCCCC1. The summed E-state index contributed by atoms with van der Waals surface area (Å²) in [6, 6.07) is 12.3. The zero-order chi connectivity index (χ0) is 25.5. The van der Waals surface area contributed by atoms with Gasteiger partial charge in [-0.2, -0.15) is 0 Å². The maximum atomic E-state index is 12.9. The Hall–Kier alpha value is -3.45. The third kappa shape index (κ3) is 6.10. The summed E-state index contributed by atoms with van der Waals surface area (Å²) >= 11 is 0. The van der Waals surface area contributed by atoms with Gasteiger partial charge in [-0.3, -0.25) is 9.69 Å². The van der Waals surface area contributed by atoms with Gasteiger partial charge < -0.3 is 15.0 Å². The summed E-state index contributed by atoms with van der Waals surface area (Å²) in [5.74, 6) is 1.45. The molecule has 2 aromatic carbocycles. The maximum absolute atomic E-state index is 12.9. The van der Waals surface area contributed by atoms with Crippen molar-refractivity contribution in [2.75, 3.05) is 43.0 Å². The summed E-state index contributed by atoms with van der Waals surface area (Å²) in [5.41, 5.74) is 3.97. The number of hydrogen-bond acceptors (Lipinski definition) is 6. The van der Waals surface area contributed by atoms with E-state index in [1.54, 1.807) is 6.33 Å². The van der Waals surface area contributed by atoms with Crippen molar-refractivity contribution in [3.05, 3.63) is 60.4 Å². The summed E-state index contributed by atoms with van der Waals surface area (Å²) in [7, 11) is 0. The molecule has 5 rings (SSSR count). The first-order valence-corrected chi connectivity index (χ1v) is 13.7. The summed E-state index contributed by atoms with van der Waals surface area (Å²) in [6.45, 7) is 6.81. The van der Waals surface area contributed by atoms with E-state index in [1.807, 2.05) is 18.2 Å². The molecule has 0 bridgehead atoms. The van der Waals surface area contributed by atoms with Crippen molar-refractivity contribution < 1.29 is 9.53 Å². The van der Waals surface area contributed by atoms with Crippen LogP contribution in [-0.2, 0) is 11.2 Å². The standard InChI is InChI=1S/C30H37N5O2/c1-2-3-19-37-28-21-25-24(30(32-22-31-25)35-18-14-23-11-5-6-12-27(23)35)20-26(28)33-29(36)13-7-10-17-34-15-8-4-9-16-34/h5-7,10-12,20-22H,2-4,8-9,13-19H2,1H3,(H,33,36). The van der Waals surface area contributed by atoms with Gasteiger partial charge in [0.05, 0.1) is 17.8 Å². The highest BCUT2D eigenvalue weighted by molar-refractivity contribution is 6.00. The van der Waals surface area contributed by atoms with Crippen LogP contribution in [0, 0.1) is 0 Å². The molecule has 1 aromatic heterocycles. The molecule has 3 heterocycles. The number of fused-ring (bicyclic) bond motifs is 2. The number of unbranched alkanes of at least 4 members (excludes halogenated alkanes) is 1. The number of carbonyl (C=O) groups is 1. The Labute approximate surface area is 219 Å². The van der Waals surface area contributed by atoms with Crippen LogP contribution >= 0.6 is 0 Å². The van der Waals surface area contributed by atoms with Crippen LogP contribution in [0.15, 0.2) is 54.9 Å². The number of likely N-dealkylation sites (tertiary alicyclic amines) is 1. The molecule has 2 aliphatic rings. The molecular formula is C30H37N5O2. The van der Waals surface area contributed by atoms with Crippen molar-refractivity contribution in [1.82, 2.24) is 14.9 Å². The molecule has 1 fully saturated rings. The molecule has 1 saturated heterocycles. The van der Waals surface area contributed by atoms with E-state index < -0.39 is 0 Å². The molecule has 1 amide bonds. The fourth-order valence-corrected chi connectivity index (χ4v) is 5.14. The van der Waals surface area contributed by atoms with Crippen molar-refractivity contribution in [3.63, 3.8) is 0 Å². The van der Waals surface area contributed by atoms with Crippen LogP contribution in [0.3, 0.4) is 0 Å². The smallest absolute Gasteiger partial charge is 0.228 e. The first-order chi connectivity index (χ1) is 18.2. The van der Waals surface area contributed by atoms with Gasteiger partial charge in [0, 0.05) is 36.7 Å². The number of ether oxygens (including phenoxy) is 1. The molecule has 0 spiro atoms. The molecule has 0 radical (unpaired) electrons. The van der Waals surface area contributed by atoms with Crippen LogP contribution in [0.4, 0.5) is 17.2 Å². The van der Waals surface area contributed by atoms with E-state index in [-0.39, 0.29) is 5.91 Å². The lowest BCUT2D eigenvalue weighted by Gasteiger charge is -2.24. The van der Waals surface area contributed by atoms with Crippen LogP contribution < -0.4 is 15.0 Å². The van der Waals surface area contributed by atoms with E-state index in [0.717, 1.165) is 62.2 Å². The van der Waals surface area contributed by atoms with E-state index in [2.05, 4.69) is 62.3 Å². The number of anilines is 3. The highest BCUT2D eigenvalue weighted by Gasteiger charge is 2.23. The molecule has 1 N–H and O–H groups in total. The second-order valence-corrected chi connectivity index (χ2v) is 9.88. The average molecular weight is 500 g/mol. The highest BCUT2D eigenvalue weighted by Crippen LogP contribution is 2.39. The zero-order valence-electron chi connectivity index (χ0n) is 21.8. The molecule has 7 heteroatoms. The second-order valence-electron chi connectivity index (χ2n) is 9.88. The molecular weight excluding hydrogens is 462 g/mol. The summed E-state index contributed by atoms with van der Waals surface area (Å²) in [6.07, 6.45) is 12.9. The number of hydrogen-bond donors (Lipinski definition) is 1. The lowest BCUT2D eigenvalue weighted by molar-refractivity contribution is -0.115. The average Bonchev–Trinajstić information content (AvgIpc) is 3.36.